The maximum Gasteiger partial charge on any atom is 0.328 e. The number of aromatic nitrogens is 4. The normalized spacial score (nSPS) is 11.2. The van der Waals surface area contributed by atoms with E-state index in [-0.39, 0.29) is 0 Å². The van der Waals surface area contributed by atoms with Gasteiger partial charge < -0.3 is 9.73 Å². The molecular formula is C12H13N5O. The molecule has 0 saturated carbocycles. The Morgan fingerprint density at radius 2 is 2.11 bits per heavy atom. The van der Waals surface area contributed by atoms with E-state index in [1.54, 1.807) is 6.92 Å². The van der Waals surface area contributed by atoms with Crippen LogP contribution in [-0.2, 0) is 6.54 Å². The van der Waals surface area contributed by atoms with E-state index < -0.39 is 0 Å². The molecule has 0 aliphatic heterocycles. The molecule has 0 saturated heterocycles. The van der Waals surface area contributed by atoms with Crippen molar-refractivity contribution in [2.24, 2.45) is 0 Å². The molecule has 1 N–H and O–H groups in total. The molecule has 3 aromatic rings. The lowest BCUT2D eigenvalue weighted by molar-refractivity contribution is 0.492. The van der Waals surface area contributed by atoms with Gasteiger partial charge in [0, 0.05) is 6.92 Å². The monoisotopic (exact) mass is 243 g/mol. The molecule has 0 aliphatic carbocycles. The van der Waals surface area contributed by atoms with Gasteiger partial charge in [0.15, 0.2) is 0 Å². The number of hydrogen-bond acceptors (Lipinski definition) is 5. The average molecular weight is 243 g/mol. The first-order valence-electron chi connectivity index (χ1n) is 5.71. The third-order valence-electron chi connectivity index (χ3n) is 2.67. The molecule has 92 valence electrons. The number of fused-ring (bicyclic) bond motifs is 1. The lowest BCUT2D eigenvalue weighted by Crippen LogP contribution is -2.11. The lowest BCUT2D eigenvalue weighted by Gasteiger charge is -2.02. The number of aryl methyl sites for hydroxylation is 1. The van der Waals surface area contributed by atoms with Crippen LogP contribution in [0.15, 0.2) is 28.7 Å². The minimum Gasteiger partial charge on any atom is -0.408 e. The van der Waals surface area contributed by atoms with Crippen LogP contribution in [0.2, 0.25) is 0 Å². The molecule has 2 heterocycles. The molecule has 2 aromatic heterocycles. The zero-order valence-electron chi connectivity index (χ0n) is 10.2. The highest BCUT2D eigenvalue weighted by Crippen LogP contribution is 2.20. The van der Waals surface area contributed by atoms with Crippen molar-refractivity contribution in [2.45, 2.75) is 13.5 Å². The van der Waals surface area contributed by atoms with Crippen LogP contribution < -0.4 is 5.32 Å². The molecule has 0 aliphatic rings. The van der Waals surface area contributed by atoms with Gasteiger partial charge in [-0.1, -0.05) is 17.2 Å². The summed E-state index contributed by atoms with van der Waals surface area (Å²) in [5.74, 6) is 1.39. The number of hydrogen-bond donors (Lipinski definition) is 1. The van der Waals surface area contributed by atoms with Crippen molar-refractivity contribution >= 4 is 11.0 Å². The smallest absolute Gasteiger partial charge is 0.328 e. The van der Waals surface area contributed by atoms with Crippen molar-refractivity contribution in [3.63, 3.8) is 0 Å². The van der Waals surface area contributed by atoms with Crippen molar-refractivity contribution in [1.82, 2.24) is 25.1 Å². The van der Waals surface area contributed by atoms with Crippen LogP contribution in [0, 0.1) is 6.92 Å². The number of imidazole rings is 1. The van der Waals surface area contributed by atoms with Gasteiger partial charge in [0.1, 0.15) is 5.82 Å². The first-order chi connectivity index (χ1) is 8.79. The van der Waals surface area contributed by atoms with Gasteiger partial charge in [0.25, 0.3) is 0 Å². The molecule has 0 atom stereocenters. The van der Waals surface area contributed by atoms with Crippen molar-refractivity contribution in [3.05, 3.63) is 36.0 Å². The Bertz CT molecular complexity index is 685. The summed E-state index contributed by atoms with van der Waals surface area (Å²) in [4.78, 5) is 4.56. The molecule has 0 unspecified atom stereocenters. The van der Waals surface area contributed by atoms with Gasteiger partial charge in [-0.3, -0.25) is 0 Å². The van der Waals surface area contributed by atoms with Crippen LogP contribution in [0.4, 0.5) is 0 Å². The van der Waals surface area contributed by atoms with Crippen LogP contribution in [0.3, 0.4) is 0 Å². The summed E-state index contributed by atoms with van der Waals surface area (Å²) >= 11 is 0. The van der Waals surface area contributed by atoms with Crippen LogP contribution in [-0.4, -0.2) is 26.8 Å². The van der Waals surface area contributed by atoms with Crippen molar-refractivity contribution < 1.29 is 4.42 Å². The van der Waals surface area contributed by atoms with Gasteiger partial charge in [-0.05, 0) is 19.2 Å². The average Bonchev–Trinajstić information content (AvgIpc) is 2.92. The second-order valence-corrected chi connectivity index (χ2v) is 3.99. The minimum absolute atomic E-state index is 0.450. The topological polar surface area (TPSA) is 68.8 Å². The van der Waals surface area contributed by atoms with E-state index in [1.165, 1.54) is 0 Å². The summed E-state index contributed by atoms with van der Waals surface area (Å²) in [6.07, 6.45) is 0. The molecule has 18 heavy (non-hydrogen) atoms. The van der Waals surface area contributed by atoms with E-state index in [0.717, 1.165) is 16.9 Å². The fraction of sp³-hybridized carbons (Fsp3) is 0.250. The summed E-state index contributed by atoms with van der Waals surface area (Å²) in [7, 11) is 1.88. The highest BCUT2D eigenvalue weighted by atomic mass is 16.4. The number of benzene rings is 1. The summed E-state index contributed by atoms with van der Waals surface area (Å²) < 4.78 is 7.38. The van der Waals surface area contributed by atoms with Crippen LogP contribution >= 0.6 is 0 Å². The van der Waals surface area contributed by atoms with Crippen molar-refractivity contribution in [2.75, 3.05) is 7.05 Å². The van der Waals surface area contributed by atoms with Crippen molar-refractivity contribution in [1.29, 1.82) is 0 Å². The fourth-order valence-corrected chi connectivity index (χ4v) is 1.94. The van der Waals surface area contributed by atoms with Crippen molar-refractivity contribution in [3.8, 4) is 6.01 Å². The zero-order valence-corrected chi connectivity index (χ0v) is 10.2. The summed E-state index contributed by atoms with van der Waals surface area (Å²) in [5, 5.41) is 11.0. The third kappa shape index (κ3) is 1.67. The van der Waals surface area contributed by atoms with E-state index in [9.17, 15) is 0 Å². The van der Waals surface area contributed by atoms with Gasteiger partial charge in [-0.25, -0.2) is 9.55 Å². The van der Waals surface area contributed by atoms with E-state index in [1.807, 2.05) is 35.9 Å². The van der Waals surface area contributed by atoms with Crippen LogP contribution in [0.5, 0.6) is 0 Å². The molecule has 6 nitrogen and oxygen atoms in total. The first kappa shape index (κ1) is 10.9. The number of nitrogens with zero attached hydrogens (tertiary/aromatic N) is 4. The molecule has 0 spiro atoms. The van der Waals surface area contributed by atoms with E-state index in [4.69, 9.17) is 4.42 Å². The Labute approximate surface area is 104 Å². The molecule has 6 heteroatoms. The lowest BCUT2D eigenvalue weighted by atomic mass is 10.3. The quantitative estimate of drug-likeness (QED) is 0.753. The molecule has 0 bridgehead atoms. The Morgan fingerprint density at radius 1 is 1.28 bits per heavy atom. The van der Waals surface area contributed by atoms with Gasteiger partial charge in [-0.2, -0.15) is 0 Å². The second kappa shape index (κ2) is 4.23. The van der Waals surface area contributed by atoms with E-state index in [2.05, 4.69) is 20.5 Å². The number of nitrogens with one attached hydrogen (secondary N) is 1. The minimum atomic E-state index is 0.450. The molecule has 3 rings (SSSR count). The molecule has 0 amide bonds. The van der Waals surface area contributed by atoms with E-state index in [0.29, 0.717) is 18.5 Å². The Morgan fingerprint density at radius 3 is 2.83 bits per heavy atom. The highest BCUT2D eigenvalue weighted by Gasteiger charge is 2.15. The Balaban J connectivity index is 2.27. The Kier molecular flexibility index (Phi) is 2.56. The number of rotatable bonds is 3. The predicted molar refractivity (Wildman–Crippen MR) is 66.4 cm³/mol. The predicted octanol–water partition coefficient (Wildman–Crippen LogP) is 1.44. The molecular weight excluding hydrogens is 230 g/mol. The van der Waals surface area contributed by atoms with Gasteiger partial charge in [0.2, 0.25) is 5.89 Å². The standard InChI is InChI=1S/C12H13N5O/c1-8-15-16-12(18-8)17-10-6-4-3-5-9(10)14-11(17)7-13-2/h3-6,13H,7H2,1-2H3. The van der Waals surface area contributed by atoms with Crippen LogP contribution in [0.1, 0.15) is 11.7 Å². The highest BCUT2D eigenvalue weighted by molar-refractivity contribution is 5.77. The third-order valence-corrected chi connectivity index (χ3v) is 2.67. The molecule has 0 radical (unpaired) electrons. The Hall–Kier alpha value is -2.21. The van der Waals surface area contributed by atoms with Gasteiger partial charge >= 0.3 is 6.01 Å². The maximum absolute atomic E-state index is 5.50. The van der Waals surface area contributed by atoms with Gasteiger partial charge in [0.05, 0.1) is 17.6 Å². The van der Waals surface area contributed by atoms with Crippen LogP contribution in [0.25, 0.3) is 17.0 Å². The second-order valence-electron chi connectivity index (χ2n) is 3.99. The number of para-hydroxylation sites is 2. The maximum atomic E-state index is 5.50. The molecule has 0 fully saturated rings. The van der Waals surface area contributed by atoms with Gasteiger partial charge in [-0.15, -0.1) is 5.10 Å². The fourth-order valence-electron chi connectivity index (χ4n) is 1.94. The summed E-state index contributed by atoms with van der Waals surface area (Å²) in [6.45, 7) is 2.41. The summed E-state index contributed by atoms with van der Waals surface area (Å²) in [5.41, 5.74) is 1.88. The largest absolute Gasteiger partial charge is 0.408 e. The zero-order chi connectivity index (χ0) is 12.5. The van der Waals surface area contributed by atoms with E-state index >= 15 is 0 Å². The SMILES string of the molecule is CNCc1nc2ccccc2n1-c1nnc(C)o1. The first-order valence-corrected chi connectivity index (χ1v) is 5.71. The molecule has 1 aromatic carbocycles. The summed E-state index contributed by atoms with van der Waals surface area (Å²) in [6, 6.07) is 8.33.